The number of anilines is 2. The lowest BCUT2D eigenvalue weighted by atomic mass is 9.92. The Bertz CT molecular complexity index is 484. The fraction of sp³-hybridized carbons (Fsp3) is 0.562. The quantitative estimate of drug-likeness (QED) is 0.645. The van der Waals surface area contributed by atoms with Gasteiger partial charge in [0.05, 0.1) is 12.2 Å². The highest BCUT2D eigenvalue weighted by atomic mass is 16.5. The molecule has 0 aliphatic carbocycles. The standard InChI is InChI=1S/C16H24N2O3/c1-3-21-16(19)14-10-13(4-5-15(14)17)18-11(2)12-6-8-20-9-7-12/h4-5,10-12,18H,3,6-9,17H2,1-2H3. The van der Waals surface area contributed by atoms with E-state index in [0.717, 1.165) is 31.7 Å². The maximum absolute atomic E-state index is 11.9. The average molecular weight is 292 g/mol. The molecule has 1 saturated heterocycles. The normalized spacial score (nSPS) is 17.2. The number of nitrogen functional groups attached to an aromatic ring is 1. The van der Waals surface area contributed by atoms with E-state index in [9.17, 15) is 4.79 Å². The van der Waals surface area contributed by atoms with Crippen LogP contribution in [0.2, 0.25) is 0 Å². The zero-order valence-corrected chi connectivity index (χ0v) is 12.7. The molecular weight excluding hydrogens is 268 g/mol. The van der Waals surface area contributed by atoms with Crippen molar-refractivity contribution in [1.29, 1.82) is 0 Å². The van der Waals surface area contributed by atoms with Gasteiger partial charge in [0, 0.05) is 30.6 Å². The molecule has 0 amide bonds. The molecule has 116 valence electrons. The molecule has 0 radical (unpaired) electrons. The first-order valence-electron chi connectivity index (χ1n) is 7.52. The predicted octanol–water partition coefficient (Wildman–Crippen LogP) is 2.67. The zero-order chi connectivity index (χ0) is 15.2. The summed E-state index contributed by atoms with van der Waals surface area (Å²) >= 11 is 0. The average Bonchev–Trinajstić information content (AvgIpc) is 2.50. The van der Waals surface area contributed by atoms with Gasteiger partial charge in [-0.2, -0.15) is 0 Å². The van der Waals surface area contributed by atoms with Gasteiger partial charge in [-0.25, -0.2) is 4.79 Å². The van der Waals surface area contributed by atoms with Crippen molar-refractivity contribution in [3.8, 4) is 0 Å². The van der Waals surface area contributed by atoms with Crippen LogP contribution >= 0.6 is 0 Å². The lowest BCUT2D eigenvalue weighted by molar-refractivity contribution is 0.0527. The molecule has 5 heteroatoms. The number of benzene rings is 1. The molecule has 0 bridgehead atoms. The first-order chi connectivity index (χ1) is 10.1. The Morgan fingerprint density at radius 2 is 2.19 bits per heavy atom. The molecule has 1 atom stereocenters. The van der Waals surface area contributed by atoms with Gasteiger partial charge in [-0.05, 0) is 50.8 Å². The largest absolute Gasteiger partial charge is 0.462 e. The van der Waals surface area contributed by atoms with Crippen LogP contribution in [-0.4, -0.2) is 31.8 Å². The maximum atomic E-state index is 11.9. The summed E-state index contributed by atoms with van der Waals surface area (Å²) in [5.74, 6) is 0.208. The molecule has 3 N–H and O–H groups in total. The Morgan fingerprint density at radius 3 is 2.86 bits per heavy atom. The second-order valence-corrected chi connectivity index (χ2v) is 5.41. The molecule has 1 heterocycles. The number of carbonyl (C=O) groups is 1. The summed E-state index contributed by atoms with van der Waals surface area (Å²) in [5.41, 5.74) is 7.60. The summed E-state index contributed by atoms with van der Waals surface area (Å²) in [6.07, 6.45) is 2.13. The first kappa shape index (κ1) is 15.6. The van der Waals surface area contributed by atoms with Crippen LogP contribution in [0.3, 0.4) is 0 Å². The SMILES string of the molecule is CCOC(=O)c1cc(NC(C)C2CCOCC2)ccc1N. The molecule has 1 fully saturated rings. The summed E-state index contributed by atoms with van der Waals surface area (Å²) in [6, 6.07) is 5.73. The van der Waals surface area contributed by atoms with E-state index in [1.807, 2.05) is 6.07 Å². The van der Waals surface area contributed by atoms with E-state index in [4.69, 9.17) is 15.2 Å². The third kappa shape index (κ3) is 4.11. The lowest BCUT2D eigenvalue weighted by Crippen LogP contribution is -2.31. The fourth-order valence-corrected chi connectivity index (χ4v) is 2.63. The van der Waals surface area contributed by atoms with Gasteiger partial charge in [0.15, 0.2) is 0 Å². The van der Waals surface area contributed by atoms with Crippen molar-refractivity contribution in [2.24, 2.45) is 5.92 Å². The van der Waals surface area contributed by atoms with Gasteiger partial charge in [-0.3, -0.25) is 0 Å². The van der Waals surface area contributed by atoms with Gasteiger partial charge in [0.25, 0.3) is 0 Å². The van der Waals surface area contributed by atoms with Gasteiger partial charge in [0.2, 0.25) is 0 Å². The second-order valence-electron chi connectivity index (χ2n) is 5.41. The molecular formula is C16H24N2O3. The minimum atomic E-state index is -0.377. The number of rotatable bonds is 5. The summed E-state index contributed by atoms with van der Waals surface area (Å²) in [7, 11) is 0. The number of carbonyl (C=O) groups excluding carboxylic acids is 1. The van der Waals surface area contributed by atoms with E-state index >= 15 is 0 Å². The van der Waals surface area contributed by atoms with Crippen molar-refractivity contribution in [1.82, 2.24) is 0 Å². The van der Waals surface area contributed by atoms with Crippen LogP contribution in [0.5, 0.6) is 0 Å². The van der Waals surface area contributed by atoms with Gasteiger partial charge < -0.3 is 20.5 Å². The Balaban J connectivity index is 2.05. The fourth-order valence-electron chi connectivity index (χ4n) is 2.63. The molecule has 5 nitrogen and oxygen atoms in total. The van der Waals surface area contributed by atoms with E-state index in [0.29, 0.717) is 29.8 Å². The minimum absolute atomic E-state index is 0.326. The van der Waals surface area contributed by atoms with Crippen molar-refractivity contribution in [2.45, 2.75) is 32.7 Å². The van der Waals surface area contributed by atoms with Crippen LogP contribution in [0.15, 0.2) is 18.2 Å². The van der Waals surface area contributed by atoms with Crippen molar-refractivity contribution < 1.29 is 14.3 Å². The van der Waals surface area contributed by atoms with Gasteiger partial charge in [0.1, 0.15) is 0 Å². The highest BCUT2D eigenvalue weighted by Gasteiger charge is 2.21. The topological polar surface area (TPSA) is 73.6 Å². The molecule has 0 spiro atoms. The van der Waals surface area contributed by atoms with Gasteiger partial charge in [-0.15, -0.1) is 0 Å². The van der Waals surface area contributed by atoms with E-state index in [2.05, 4.69) is 12.2 Å². The van der Waals surface area contributed by atoms with Crippen molar-refractivity contribution in [3.05, 3.63) is 23.8 Å². The van der Waals surface area contributed by atoms with Crippen LogP contribution in [0.1, 0.15) is 37.0 Å². The third-order valence-electron chi connectivity index (χ3n) is 3.92. The first-order valence-corrected chi connectivity index (χ1v) is 7.52. The smallest absolute Gasteiger partial charge is 0.340 e. The number of hydrogen-bond donors (Lipinski definition) is 2. The Labute approximate surface area is 125 Å². The number of ether oxygens (including phenoxy) is 2. The van der Waals surface area contributed by atoms with Crippen molar-refractivity contribution in [3.63, 3.8) is 0 Å². The summed E-state index contributed by atoms with van der Waals surface area (Å²) in [6.45, 7) is 5.94. The molecule has 1 aromatic rings. The van der Waals surface area contributed by atoms with E-state index in [-0.39, 0.29) is 5.97 Å². The highest BCUT2D eigenvalue weighted by Crippen LogP contribution is 2.24. The molecule has 2 rings (SSSR count). The van der Waals surface area contributed by atoms with Gasteiger partial charge in [-0.1, -0.05) is 0 Å². The summed E-state index contributed by atoms with van der Waals surface area (Å²) < 4.78 is 10.4. The van der Waals surface area contributed by atoms with Crippen molar-refractivity contribution >= 4 is 17.3 Å². The van der Waals surface area contributed by atoms with E-state index in [1.54, 1.807) is 19.1 Å². The molecule has 21 heavy (non-hydrogen) atoms. The van der Waals surface area contributed by atoms with Crippen LogP contribution in [0, 0.1) is 5.92 Å². The Kier molecular flexibility index (Phi) is 5.44. The number of nitrogens with one attached hydrogen (secondary N) is 1. The van der Waals surface area contributed by atoms with E-state index < -0.39 is 0 Å². The Morgan fingerprint density at radius 1 is 1.48 bits per heavy atom. The minimum Gasteiger partial charge on any atom is -0.462 e. The van der Waals surface area contributed by atoms with Crippen LogP contribution in [0.25, 0.3) is 0 Å². The molecule has 1 aliphatic heterocycles. The number of esters is 1. The molecule has 0 aromatic heterocycles. The lowest BCUT2D eigenvalue weighted by Gasteiger charge is -2.29. The van der Waals surface area contributed by atoms with Crippen LogP contribution in [0.4, 0.5) is 11.4 Å². The number of hydrogen-bond acceptors (Lipinski definition) is 5. The highest BCUT2D eigenvalue weighted by molar-refractivity contribution is 5.96. The summed E-state index contributed by atoms with van der Waals surface area (Å²) in [5, 5.41) is 3.46. The molecule has 1 aliphatic rings. The summed E-state index contributed by atoms with van der Waals surface area (Å²) in [4.78, 5) is 11.9. The van der Waals surface area contributed by atoms with Gasteiger partial charge >= 0.3 is 5.97 Å². The van der Waals surface area contributed by atoms with Crippen LogP contribution < -0.4 is 11.1 Å². The van der Waals surface area contributed by atoms with Crippen LogP contribution in [-0.2, 0) is 9.47 Å². The number of nitrogens with two attached hydrogens (primary N) is 1. The molecule has 1 unspecified atom stereocenters. The Hall–Kier alpha value is -1.75. The van der Waals surface area contributed by atoms with Crippen molar-refractivity contribution in [2.75, 3.05) is 30.9 Å². The zero-order valence-electron chi connectivity index (χ0n) is 12.7. The van der Waals surface area contributed by atoms with E-state index in [1.165, 1.54) is 0 Å². The molecule has 0 saturated carbocycles. The maximum Gasteiger partial charge on any atom is 0.340 e. The molecule has 1 aromatic carbocycles. The monoisotopic (exact) mass is 292 g/mol. The predicted molar refractivity (Wildman–Crippen MR) is 83.4 cm³/mol. The second kappa shape index (κ2) is 7.31. The third-order valence-corrected chi connectivity index (χ3v) is 3.92.